The molecule has 0 aromatic carbocycles. The number of aliphatic imine (C=N–C) groups is 1. The maximum atomic E-state index is 5.52. The average molecular weight is 482 g/mol. The van der Waals surface area contributed by atoms with Crippen molar-refractivity contribution in [1.82, 2.24) is 15.8 Å². The third-order valence-electron chi connectivity index (χ3n) is 4.25. The van der Waals surface area contributed by atoms with E-state index in [-0.39, 0.29) is 28.7 Å². The van der Waals surface area contributed by atoms with Crippen LogP contribution in [-0.4, -0.2) is 48.4 Å². The minimum absolute atomic E-state index is 0. The predicted molar refractivity (Wildman–Crippen MR) is 115 cm³/mol. The molecule has 0 aliphatic carbocycles. The van der Waals surface area contributed by atoms with E-state index < -0.39 is 0 Å². The second-order valence-electron chi connectivity index (χ2n) is 6.38. The van der Waals surface area contributed by atoms with Gasteiger partial charge in [-0.25, -0.2) is 0 Å². The molecule has 1 aromatic heterocycles. The zero-order chi connectivity index (χ0) is 17.4. The van der Waals surface area contributed by atoms with Crippen LogP contribution in [0.4, 0.5) is 0 Å². The lowest BCUT2D eigenvalue weighted by Crippen LogP contribution is -2.48. The van der Waals surface area contributed by atoms with Crippen LogP contribution in [0.5, 0.6) is 0 Å². The van der Waals surface area contributed by atoms with E-state index in [2.05, 4.69) is 41.6 Å². The molecule has 2 heterocycles. The summed E-state index contributed by atoms with van der Waals surface area (Å²) in [6, 6.07) is 2.00. The summed E-state index contributed by atoms with van der Waals surface area (Å²) < 4.78 is 11.1. The monoisotopic (exact) mass is 482 g/mol. The number of nitrogens with one attached hydrogen (secondary N) is 2. The molecule has 1 saturated heterocycles. The Kier molecular flexibility index (Phi) is 10.2. The van der Waals surface area contributed by atoms with Crippen LogP contribution in [0.15, 0.2) is 15.6 Å². The Morgan fingerprint density at radius 1 is 1.36 bits per heavy atom. The molecular formula is C17H31IN4O2S. The molecule has 0 amide bonds. The SMILES string of the molecule is CCSC1(CNC(=NC)NCc2cc(C(C)C)no2)CCOCC1.I. The first-order valence-electron chi connectivity index (χ1n) is 8.70. The van der Waals surface area contributed by atoms with Gasteiger partial charge in [0, 0.05) is 37.6 Å². The number of thioether (sulfide) groups is 1. The van der Waals surface area contributed by atoms with Crippen molar-refractivity contribution in [3.8, 4) is 0 Å². The Morgan fingerprint density at radius 3 is 2.64 bits per heavy atom. The van der Waals surface area contributed by atoms with Gasteiger partial charge in [0.2, 0.25) is 0 Å². The molecule has 6 nitrogen and oxygen atoms in total. The van der Waals surface area contributed by atoms with Crippen LogP contribution in [0.1, 0.15) is 51.0 Å². The van der Waals surface area contributed by atoms with E-state index in [9.17, 15) is 0 Å². The Hall–Kier alpha value is -0.480. The van der Waals surface area contributed by atoms with E-state index in [4.69, 9.17) is 9.26 Å². The molecule has 2 rings (SSSR count). The molecule has 144 valence electrons. The maximum Gasteiger partial charge on any atom is 0.191 e. The van der Waals surface area contributed by atoms with Crippen molar-refractivity contribution in [3.63, 3.8) is 0 Å². The van der Waals surface area contributed by atoms with E-state index in [1.165, 1.54) is 0 Å². The van der Waals surface area contributed by atoms with Crippen molar-refractivity contribution >= 4 is 41.7 Å². The number of rotatable bonds is 7. The molecule has 0 unspecified atom stereocenters. The van der Waals surface area contributed by atoms with Gasteiger partial charge in [-0.05, 0) is 24.5 Å². The third-order valence-corrected chi connectivity index (χ3v) is 5.71. The molecule has 1 fully saturated rings. The standard InChI is InChI=1S/C17H30N4O2S.HI/c1-5-24-17(6-8-22-9-7-17)12-20-16(18-4)19-11-14-10-15(13(2)3)21-23-14;/h10,13H,5-9,11-12H2,1-4H3,(H2,18,19,20);1H. The van der Waals surface area contributed by atoms with Gasteiger partial charge in [0.1, 0.15) is 0 Å². The topological polar surface area (TPSA) is 71.7 Å². The van der Waals surface area contributed by atoms with Gasteiger partial charge in [0.05, 0.1) is 12.2 Å². The second kappa shape index (κ2) is 11.3. The lowest BCUT2D eigenvalue weighted by Gasteiger charge is -2.37. The highest BCUT2D eigenvalue weighted by atomic mass is 127. The van der Waals surface area contributed by atoms with Crippen LogP contribution in [0.3, 0.4) is 0 Å². The second-order valence-corrected chi connectivity index (χ2v) is 8.11. The first-order chi connectivity index (χ1) is 11.6. The summed E-state index contributed by atoms with van der Waals surface area (Å²) >= 11 is 2.02. The Balaban J connectivity index is 0.00000312. The van der Waals surface area contributed by atoms with E-state index in [1.54, 1.807) is 7.05 Å². The minimum Gasteiger partial charge on any atom is -0.381 e. The number of aromatic nitrogens is 1. The lowest BCUT2D eigenvalue weighted by atomic mass is 9.99. The molecule has 0 spiro atoms. The Bertz CT molecular complexity index is 525. The molecule has 8 heteroatoms. The highest BCUT2D eigenvalue weighted by Crippen LogP contribution is 2.34. The van der Waals surface area contributed by atoms with Crippen LogP contribution in [0, 0.1) is 0 Å². The van der Waals surface area contributed by atoms with E-state index in [1.807, 2.05) is 17.8 Å². The largest absolute Gasteiger partial charge is 0.381 e. The highest BCUT2D eigenvalue weighted by molar-refractivity contribution is 14.0. The smallest absolute Gasteiger partial charge is 0.191 e. The predicted octanol–water partition coefficient (Wildman–Crippen LogP) is 3.38. The molecule has 0 radical (unpaired) electrons. The van der Waals surface area contributed by atoms with Crippen molar-refractivity contribution in [2.75, 3.05) is 32.6 Å². The van der Waals surface area contributed by atoms with Gasteiger partial charge in [-0.15, -0.1) is 24.0 Å². The van der Waals surface area contributed by atoms with Crippen molar-refractivity contribution in [2.24, 2.45) is 4.99 Å². The van der Waals surface area contributed by atoms with E-state index >= 15 is 0 Å². The van der Waals surface area contributed by atoms with Gasteiger partial charge in [-0.3, -0.25) is 4.99 Å². The number of ether oxygens (including phenoxy) is 1. The van der Waals surface area contributed by atoms with Gasteiger partial charge < -0.3 is 19.9 Å². The van der Waals surface area contributed by atoms with Gasteiger partial charge in [-0.2, -0.15) is 11.8 Å². The quantitative estimate of drug-likeness (QED) is 0.353. The number of nitrogens with zero attached hydrogens (tertiary/aromatic N) is 2. The van der Waals surface area contributed by atoms with Crippen LogP contribution in [0.25, 0.3) is 0 Å². The van der Waals surface area contributed by atoms with E-state index in [0.29, 0.717) is 12.5 Å². The van der Waals surface area contributed by atoms with Crippen molar-refractivity contribution in [3.05, 3.63) is 17.5 Å². The number of hydrogen-bond acceptors (Lipinski definition) is 5. The molecular weight excluding hydrogens is 451 g/mol. The molecule has 1 aliphatic heterocycles. The molecule has 2 N–H and O–H groups in total. The fourth-order valence-electron chi connectivity index (χ4n) is 2.74. The van der Waals surface area contributed by atoms with Gasteiger partial charge in [-0.1, -0.05) is 25.9 Å². The van der Waals surface area contributed by atoms with Crippen LogP contribution in [-0.2, 0) is 11.3 Å². The number of guanidine groups is 1. The summed E-state index contributed by atoms with van der Waals surface area (Å²) in [5.41, 5.74) is 0.982. The van der Waals surface area contributed by atoms with Crippen molar-refractivity contribution in [1.29, 1.82) is 0 Å². The fraction of sp³-hybridized carbons (Fsp3) is 0.765. The number of hydrogen-bond donors (Lipinski definition) is 2. The van der Waals surface area contributed by atoms with Crippen LogP contribution < -0.4 is 10.6 Å². The summed E-state index contributed by atoms with van der Waals surface area (Å²) in [6.07, 6.45) is 2.16. The van der Waals surface area contributed by atoms with Gasteiger partial charge in [0.25, 0.3) is 0 Å². The average Bonchev–Trinajstić information content (AvgIpc) is 3.05. The van der Waals surface area contributed by atoms with Gasteiger partial charge >= 0.3 is 0 Å². The van der Waals surface area contributed by atoms with Crippen LogP contribution >= 0.6 is 35.7 Å². The molecule has 0 saturated carbocycles. The lowest BCUT2D eigenvalue weighted by molar-refractivity contribution is 0.0782. The third kappa shape index (κ3) is 6.97. The number of halogens is 1. The maximum absolute atomic E-state index is 5.52. The summed E-state index contributed by atoms with van der Waals surface area (Å²) in [5, 5.41) is 10.8. The van der Waals surface area contributed by atoms with Crippen molar-refractivity contribution < 1.29 is 9.26 Å². The molecule has 1 aromatic rings. The zero-order valence-corrected chi connectivity index (χ0v) is 18.8. The molecule has 0 atom stereocenters. The fourth-order valence-corrected chi connectivity index (χ4v) is 3.98. The van der Waals surface area contributed by atoms with Crippen LogP contribution in [0.2, 0.25) is 0 Å². The molecule has 25 heavy (non-hydrogen) atoms. The highest BCUT2D eigenvalue weighted by Gasteiger charge is 2.32. The molecule has 0 bridgehead atoms. The first-order valence-corrected chi connectivity index (χ1v) is 9.69. The minimum atomic E-state index is 0. The van der Waals surface area contributed by atoms with Gasteiger partial charge in [0.15, 0.2) is 11.7 Å². The Morgan fingerprint density at radius 2 is 2.08 bits per heavy atom. The van der Waals surface area contributed by atoms with Crippen molar-refractivity contribution in [2.45, 2.75) is 50.8 Å². The molecule has 1 aliphatic rings. The summed E-state index contributed by atoms with van der Waals surface area (Å²) in [6.45, 7) is 9.58. The van der Waals surface area contributed by atoms with E-state index in [0.717, 1.165) is 55.8 Å². The summed E-state index contributed by atoms with van der Waals surface area (Å²) in [4.78, 5) is 4.31. The normalized spacial score (nSPS) is 17.2. The zero-order valence-electron chi connectivity index (χ0n) is 15.6. The summed E-state index contributed by atoms with van der Waals surface area (Å²) in [5.74, 6) is 3.11. The first kappa shape index (κ1) is 22.6. The summed E-state index contributed by atoms with van der Waals surface area (Å²) in [7, 11) is 1.79. The Labute approximate surface area is 172 Å².